The molecule has 1 aliphatic heterocycles. The number of carbonyl (C=O) groups is 2. The molecule has 0 radical (unpaired) electrons. The van der Waals surface area contributed by atoms with E-state index in [2.05, 4.69) is 26.1 Å². The van der Waals surface area contributed by atoms with Gasteiger partial charge in [0.25, 0.3) is 11.8 Å². The van der Waals surface area contributed by atoms with E-state index < -0.39 is 29.0 Å². The van der Waals surface area contributed by atoms with Gasteiger partial charge in [-0.1, -0.05) is 6.07 Å². The Hall–Kier alpha value is -2.81. The smallest absolute Gasteiger partial charge is 0.271 e. The SMILES string of the molecule is O=C(NCC1CCNCC1)c1[nH]ncc1NC(=O)c1c(F)cccc1F.[HH]. The molecule has 0 atom stereocenters. The van der Waals surface area contributed by atoms with E-state index in [9.17, 15) is 18.4 Å². The third-order valence-corrected chi connectivity index (χ3v) is 4.31. The molecule has 0 spiro atoms. The van der Waals surface area contributed by atoms with Crippen LogP contribution in [0.1, 0.15) is 35.1 Å². The van der Waals surface area contributed by atoms with Gasteiger partial charge in [-0.05, 0) is 44.0 Å². The topological polar surface area (TPSA) is 98.9 Å². The number of hydrogen-bond donors (Lipinski definition) is 4. The number of halogens is 2. The molecule has 140 valence electrons. The maximum absolute atomic E-state index is 13.7. The van der Waals surface area contributed by atoms with Crippen LogP contribution >= 0.6 is 0 Å². The first kappa shape index (κ1) is 18.0. The predicted molar refractivity (Wildman–Crippen MR) is 92.9 cm³/mol. The number of anilines is 1. The second kappa shape index (κ2) is 8.05. The summed E-state index contributed by atoms with van der Waals surface area (Å²) in [5, 5.41) is 14.6. The van der Waals surface area contributed by atoms with Crippen LogP contribution < -0.4 is 16.0 Å². The van der Waals surface area contributed by atoms with Gasteiger partial charge in [-0.25, -0.2) is 8.78 Å². The molecule has 26 heavy (non-hydrogen) atoms. The van der Waals surface area contributed by atoms with Gasteiger partial charge in [-0.3, -0.25) is 14.7 Å². The summed E-state index contributed by atoms with van der Waals surface area (Å²) in [5.41, 5.74) is -0.626. The Morgan fingerprint density at radius 2 is 1.88 bits per heavy atom. The zero-order valence-electron chi connectivity index (χ0n) is 13.9. The minimum atomic E-state index is -0.991. The zero-order valence-corrected chi connectivity index (χ0v) is 13.9. The van der Waals surface area contributed by atoms with Gasteiger partial charge >= 0.3 is 0 Å². The van der Waals surface area contributed by atoms with Gasteiger partial charge in [-0.15, -0.1) is 0 Å². The normalized spacial score (nSPS) is 14.8. The molecule has 9 heteroatoms. The Morgan fingerprint density at radius 3 is 2.58 bits per heavy atom. The number of hydrogen-bond acceptors (Lipinski definition) is 4. The van der Waals surface area contributed by atoms with Crippen LogP contribution in [0, 0.1) is 17.6 Å². The molecule has 1 aromatic carbocycles. The van der Waals surface area contributed by atoms with Crippen molar-refractivity contribution in [3.63, 3.8) is 0 Å². The average Bonchev–Trinajstić information content (AvgIpc) is 3.08. The van der Waals surface area contributed by atoms with Crippen LogP contribution in [-0.4, -0.2) is 41.6 Å². The van der Waals surface area contributed by atoms with Crippen LogP contribution in [0.3, 0.4) is 0 Å². The van der Waals surface area contributed by atoms with Crippen LogP contribution in [0.5, 0.6) is 0 Å². The third-order valence-electron chi connectivity index (χ3n) is 4.31. The molecule has 3 rings (SSSR count). The number of H-pyrrole nitrogens is 1. The molecular weight excluding hydrogens is 344 g/mol. The number of aromatic nitrogens is 2. The average molecular weight is 365 g/mol. The highest BCUT2D eigenvalue weighted by Crippen LogP contribution is 2.17. The zero-order chi connectivity index (χ0) is 18.5. The Kier molecular flexibility index (Phi) is 5.57. The first-order chi connectivity index (χ1) is 12.6. The minimum absolute atomic E-state index is 0. The summed E-state index contributed by atoms with van der Waals surface area (Å²) in [6.07, 6.45) is 3.16. The molecule has 0 saturated carbocycles. The summed E-state index contributed by atoms with van der Waals surface area (Å²) in [4.78, 5) is 24.5. The molecule has 1 aliphatic rings. The maximum Gasteiger partial charge on any atom is 0.271 e. The predicted octanol–water partition coefficient (Wildman–Crippen LogP) is 1.92. The van der Waals surface area contributed by atoms with Gasteiger partial charge in [0.05, 0.1) is 11.9 Å². The summed E-state index contributed by atoms with van der Waals surface area (Å²) in [7, 11) is 0. The molecule has 0 unspecified atom stereocenters. The fourth-order valence-corrected chi connectivity index (χ4v) is 2.86. The molecular formula is C17H21F2N5O2. The summed E-state index contributed by atoms with van der Waals surface area (Å²) in [5.74, 6) is -3.01. The lowest BCUT2D eigenvalue weighted by Gasteiger charge is -2.22. The van der Waals surface area contributed by atoms with Crippen molar-refractivity contribution in [1.29, 1.82) is 0 Å². The van der Waals surface area contributed by atoms with Gasteiger partial charge in [-0.2, -0.15) is 5.10 Å². The lowest BCUT2D eigenvalue weighted by molar-refractivity contribution is 0.0940. The second-order valence-corrected chi connectivity index (χ2v) is 6.11. The fraction of sp³-hybridized carbons (Fsp3) is 0.353. The van der Waals surface area contributed by atoms with E-state index >= 15 is 0 Å². The number of nitrogens with zero attached hydrogens (tertiary/aromatic N) is 1. The molecule has 2 aromatic rings. The lowest BCUT2D eigenvalue weighted by atomic mass is 9.98. The quantitative estimate of drug-likeness (QED) is 0.650. The van der Waals surface area contributed by atoms with E-state index in [4.69, 9.17) is 0 Å². The van der Waals surface area contributed by atoms with Gasteiger partial charge in [0, 0.05) is 7.97 Å². The fourth-order valence-electron chi connectivity index (χ4n) is 2.86. The maximum atomic E-state index is 13.7. The summed E-state index contributed by atoms with van der Waals surface area (Å²) in [6.45, 7) is 2.34. The van der Waals surface area contributed by atoms with Crippen LogP contribution in [0.4, 0.5) is 14.5 Å². The van der Waals surface area contributed by atoms with Crippen molar-refractivity contribution in [2.75, 3.05) is 25.0 Å². The van der Waals surface area contributed by atoms with E-state index in [1.165, 1.54) is 12.3 Å². The summed E-state index contributed by atoms with van der Waals surface area (Å²) < 4.78 is 27.4. The van der Waals surface area contributed by atoms with Crippen molar-refractivity contribution < 1.29 is 19.8 Å². The Morgan fingerprint density at radius 1 is 1.19 bits per heavy atom. The molecule has 1 saturated heterocycles. The number of aromatic amines is 1. The lowest BCUT2D eigenvalue weighted by Crippen LogP contribution is -2.36. The number of nitrogens with one attached hydrogen (secondary N) is 4. The number of carbonyl (C=O) groups excluding carboxylic acids is 2. The molecule has 1 aromatic heterocycles. The van der Waals surface area contributed by atoms with Crippen LogP contribution in [0.2, 0.25) is 0 Å². The number of rotatable bonds is 5. The monoisotopic (exact) mass is 365 g/mol. The first-order valence-corrected chi connectivity index (χ1v) is 8.34. The molecule has 2 heterocycles. The number of benzene rings is 1. The summed E-state index contributed by atoms with van der Waals surface area (Å²) in [6, 6.07) is 3.14. The highest BCUT2D eigenvalue weighted by Gasteiger charge is 2.22. The van der Waals surface area contributed by atoms with Gasteiger partial charge in [0.2, 0.25) is 0 Å². The summed E-state index contributed by atoms with van der Waals surface area (Å²) >= 11 is 0. The molecule has 4 N–H and O–H groups in total. The third kappa shape index (κ3) is 4.05. The van der Waals surface area contributed by atoms with Gasteiger partial charge in [0.1, 0.15) is 22.9 Å². The Labute approximate surface area is 150 Å². The standard InChI is InChI=1S/C17H19F2N5O2.H2/c18-11-2-1-3-12(19)14(11)16(25)23-13-9-22-24-15(13)17(26)21-8-10-4-6-20-7-5-10;/h1-3,9-10,20H,4-8H2,(H,21,26)(H,22,24)(H,23,25);1H. The van der Waals surface area contributed by atoms with Crippen molar-refractivity contribution >= 4 is 17.5 Å². The number of piperidine rings is 1. The van der Waals surface area contributed by atoms with Crippen molar-refractivity contribution in [1.82, 2.24) is 20.8 Å². The molecule has 1 fully saturated rings. The molecule has 2 amide bonds. The van der Waals surface area contributed by atoms with E-state index in [1.54, 1.807) is 0 Å². The van der Waals surface area contributed by atoms with Crippen LogP contribution in [0.25, 0.3) is 0 Å². The molecule has 0 aliphatic carbocycles. The first-order valence-electron chi connectivity index (χ1n) is 8.34. The van der Waals surface area contributed by atoms with Crippen molar-refractivity contribution in [3.05, 3.63) is 47.3 Å². The van der Waals surface area contributed by atoms with Gasteiger partial charge in [0.15, 0.2) is 0 Å². The Balaban J connectivity index is 0.00000261. The second-order valence-electron chi connectivity index (χ2n) is 6.11. The van der Waals surface area contributed by atoms with E-state index in [1.807, 2.05) is 0 Å². The molecule has 0 bridgehead atoms. The molecule has 7 nitrogen and oxygen atoms in total. The van der Waals surface area contributed by atoms with Crippen molar-refractivity contribution in [2.45, 2.75) is 12.8 Å². The largest absolute Gasteiger partial charge is 0.350 e. The Bertz CT molecular complexity index is 788. The van der Waals surface area contributed by atoms with Crippen molar-refractivity contribution in [3.8, 4) is 0 Å². The van der Waals surface area contributed by atoms with Gasteiger partial charge < -0.3 is 16.0 Å². The van der Waals surface area contributed by atoms with E-state index in [0.29, 0.717) is 12.5 Å². The highest BCUT2D eigenvalue weighted by atomic mass is 19.1. The number of amides is 2. The van der Waals surface area contributed by atoms with E-state index in [-0.39, 0.29) is 12.8 Å². The highest BCUT2D eigenvalue weighted by molar-refractivity contribution is 6.08. The van der Waals surface area contributed by atoms with E-state index in [0.717, 1.165) is 38.1 Å². The van der Waals surface area contributed by atoms with Crippen LogP contribution in [0.15, 0.2) is 24.4 Å². The minimum Gasteiger partial charge on any atom is -0.350 e. The van der Waals surface area contributed by atoms with Crippen molar-refractivity contribution in [2.24, 2.45) is 5.92 Å². The van der Waals surface area contributed by atoms with Crippen LogP contribution in [-0.2, 0) is 0 Å².